The van der Waals surface area contributed by atoms with Crippen molar-refractivity contribution in [3.63, 3.8) is 0 Å². The zero-order chi connectivity index (χ0) is 28.0. The molecule has 0 aliphatic carbocycles. The molecule has 0 radical (unpaired) electrons. The highest BCUT2D eigenvalue weighted by Crippen LogP contribution is 2.34. The van der Waals surface area contributed by atoms with E-state index in [2.05, 4.69) is 65.1 Å². The Morgan fingerprint density at radius 1 is 0.925 bits per heavy atom. The van der Waals surface area contributed by atoms with E-state index in [0.717, 1.165) is 103 Å². The third kappa shape index (κ3) is 7.83. The molecule has 0 bridgehead atoms. The molecule has 1 N–H and O–H groups in total. The third-order valence-electron chi connectivity index (χ3n) is 9.04. The van der Waals surface area contributed by atoms with Gasteiger partial charge in [0, 0.05) is 38.8 Å². The van der Waals surface area contributed by atoms with Crippen LogP contribution in [0, 0.1) is 17.8 Å². The number of hydrogen-bond acceptors (Lipinski definition) is 6. The topological polar surface area (TPSA) is 66.9 Å². The smallest absolute Gasteiger partial charge is 0.227 e. The molecule has 5 rings (SSSR count). The van der Waals surface area contributed by atoms with E-state index in [9.17, 15) is 4.79 Å². The van der Waals surface area contributed by atoms with Gasteiger partial charge in [0.15, 0.2) is 0 Å². The van der Waals surface area contributed by atoms with Gasteiger partial charge in [0.1, 0.15) is 5.82 Å². The lowest BCUT2D eigenvalue weighted by atomic mass is 9.77. The summed E-state index contributed by atoms with van der Waals surface area (Å²) in [4.78, 5) is 23.1. The van der Waals surface area contributed by atoms with Crippen LogP contribution >= 0.6 is 0 Å². The Hall–Kier alpha value is -2.48. The van der Waals surface area contributed by atoms with Gasteiger partial charge in [-0.2, -0.15) is 0 Å². The lowest BCUT2D eigenvalue weighted by Crippen LogP contribution is -2.38. The van der Waals surface area contributed by atoms with Gasteiger partial charge in [-0.3, -0.25) is 9.69 Å². The van der Waals surface area contributed by atoms with Crippen molar-refractivity contribution in [3.05, 3.63) is 53.7 Å². The van der Waals surface area contributed by atoms with E-state index in [0.29, 0.717) is 11.8 Å². The molecule has 3 saturated heterocycles. The van der Waals surface area contributed by atoms with E-state index < -0.39 is 0 Å². The number of anilines is 2. The van der Waals surface area contributed by atoms with Gasteiger partial charge in [0.2, 0.25) is 5.91 Å². The third-order valence-corrected chi connectivity index (χ3v) is 9.04. The molecule has 1 atom stereocenters. The molecule has 1 aromatic heterocycles. The number of amides is 1. The standard InChI is InChI=1S/C33H48N4O3/c1-33(2,3)28-6-4-26(5-7-28)24-36-14-10-25(11-15-36)22-30(27-12-18-39-19-13-27)32(38)35-29-8-9-31(34-23-29)37-16-20-40-21-17-37/h4-9,23,25,27,30H,10-22,24H2,1-3H3,(H,35,38). The predicted molar refractivity (Wildman–Crippen MR) is 161 cm³/mol. The van der Waals surface area contributed by atoms with Crippen LogP contribution in [0.1, 0.15) is 64.0 Å². The fourth-order valence-corrected chi connectivity index (χ4v) is 6.41. The number of morpholine rings is 1. The van der Waals surface area contributed by atoms with Gasteiger partial charge >= 0.3 is 0 Å². The van der Waals surface area contributed by atoms with Gasteiger partial charge in [-0.05, 0) is 85.7 Å². The molecule has 7 heteroatoms. The minimum Gasteiger partial charge on any atom is -0.381 e. The molecule has 1 aromatic carbocycles. The molecule has 0 saturated carbocycles. The number of carbonyl (C=O) groups excluding carboxylic acids is 1. The highest BCUT2D eigenvalue weighted by molar-refractivity contribution is 5.92. The minimum absolute atomic E-state index is 0.0179. The normalized spacial score (nSPS) is 20.8. The van der Waals surface area contributed by atoms with Crippen LogP contribution in [0.5, 0.6) is 0 Å². The Morgan fingerprint density at radius 2 is 1.60 bits per heavy atom. The minimum atomic E-state index is 0.0179. The molecule has 218 valence electrons. The molecule has 4 heterocycles. The zero-order valence-electron chi connectivity index (χ0n) is 24.7. The van der Waals surface area contributed by atoms with Gasteiger partial charge in [0.05, 0.1) is 25.1 Å². The predicted octanol–water partition coefficient (Wildman–Crippen LogP) is 5.50. The SMILES string of the molecule is CC(C)(C)c1ccc(CN2CCC(CC(C(=O)Nc3ccc(N4CCOCC4)nc3)C3CCOCC3)CC2)cc1. The van der Waals surface area contributed by atoms with Crippen molar-refractivity contribution in [3.8, 4) is 0 Å². The summed E-state index contributed by atoms with van der Waals surface area (Å²) >= 11 is 0. The number of hydrogen-bond donors (Lipinski definition) is 1. The van der Waals surface area contributed by atoms with Crippen molar-refractivity contribution in [1.29, 1.82) is 0 Å². The van der Waals surface area contributed by atoms with Crippen molar-refractivity contribution >= 4 is 17.4 Å². The average molecular weight is 549 g/mol. The van der Waals surface area contributed by atoms with Crippen molar-refractivity contribution in [1.82, 2.24) is 9.88 Å². The van der Waals surface area contributed by atoms with Crippen LogP contribution in [0.4, 0.5) is 11.5 Å². The number of carbonyl (C=O) groups is 1. The van der Waals surface area contributed by atoms with Gasteiger partial charge in [-0.15, -0.1) is 0 Å². The summed E-state index contributed by atoms with van der Waals surface area (Å²) in [7, 11) is 0. The first kappa shape index (κ1) is 29.0. The van der Waals surface area contributed by atoms with Crippen LogP contribution in [0.2, 0.25) is 0 Å². The number of ether oxygens (including phenoxy) is 2. The molecule has 0 spiro atoms. The highest BCUT2D eigenvalue weighted by Gasteiger charge is 2.33. The van der Waals surface area contributed by atoms with Gasteiger partial charge < -0.3 is 19.7 Å². The van der Waals surface area contributed by atoms with Gasteiger partial charge in [0.25, 0.3) is 0 Å². The lowest BCUT2D eigenvalue weighted by molar-refractivity contribution is -0.123. The van der Waals surface area contributed by atoms with E-state index in [1.54, 1.807) is 6.20 Å². The maximum absolute atomic E-state index is 13.7. The zero-order valence-corrected chi connectivity index (χ0v) is 24.7. The molecule has 3 aliphatic rings. The molecule has 3 fully saturated rings. The second kappa shape index (κ2) is 13.5. The number of nitrogens with one attached hydrogen (secondary N) is 1. The summed E-state index contributed by atoms with van der Waals surface area (Å²) in [6.07, 6.45) is 7.01. The summed E-state index contributed by atoms with van der Waals surface area (Å²) in [6, 6.07) is 13.1. The number of nitrogens with zero attached hydrogens (tertiary/aromatic N) is 3. The Kier molecular flexibility index (Phi) is 9.76. The molecule has 2 aromatic rings. The number of piperidine rings is 1. The maximum atomic E-state index is 13.7. The first-order chi connectivity index (χ1) is 19.3. The summed E-state index contributed by atoms with van der Waals surface area (Å²) in [6.45, 7) is 14.7. The molecular weight excluding hydrogens is 500 g/mol. The number of pyridine rings is 1. The molecule has 7 nitrogen and oxygen atoms in total. The lowest BCUT2D eigenvalue weighted by Gasteiger charge is -2.36. The Morgan fingerprint density at radius 3 is 2.23 bits per heavy atom. The summed E-state index contributed by atoms with van der Waals surface area (Å²) in [5.41, 5.74) is 3.74. The van der Waals surface area contributed by atoms with Crippen molar-refractivity contribution in [2.75, 3.05) is 62.8 Å². The number of aromatic nitrogens is 1. The van der Waals surface area contributed by atoms with E-state index in [1.807, 2.05) is 12.1 Å². The summed E-state index contributed by atoms with van der Waals surface area (Å²) < 4.78 is 11.1. The van der Waals surface area contributed by atoms with Crippen LogP contribution in [-0.2, 0) is 26.2 Å². The van der Waals surface area contributed by atoms with E-state index in [-0.39, 0.29) is 17.2 Å². The van der Waals surface area contributed by atoms with E-state index >= 15 is 0 Å². The fourth-order valence-electron chi connectivity index (χ4n) is 6.41. The molecular formula is C33H48N4O3. The van der Waals surface area contributed by atoms with Crippen molar-refractivity contribution in [2.24, 2.45) is 17.8 Å². The summed E-state index contributed by atoms with van der Waals surface area (Å²) in [5, 5.41) is 3.22. The quantitative estimate of drug-likeness (QED) is 0.470. The number of benzene rings is 1. The second-order valence-electron chi connectivity index (χ2n) is 13.0. The van der Waals surface area contributed by atoms with E-state index in [4.69, 9.17) is 9.47 Å². The van der Waals surface area contributed by atoms with Crippen molar-refractivity contribution in [2.45, 2.75) is 64.8 Å². The molecule has 40 heavy (non-hydrogen) atoms. The monoisotopic (exact) mass is 548 g/mol. The Labute approximate surface area is 240 Å². The maximum Gasteiger partial charge on any atom is 0.227 e. The number of likely N-dealkylation sites (tertiary alicyclic amines) is 1. The van der Waals surface area contributed by atoms with Crippen LogP contribution < -0.4 is 10.2 Å². The molecule has 1 unspecified atom stereocenters. The molecule has 1 amide bonds. The Bertz CT molecular complexity index is 1060. The average Bonchev–Trinajstić information content (AvgIpc) is 2.98. The largest absolute Gasteiger partial charge is 0.381 e. The van der Waals surface area contributed by atoms with Gasteiger partial charge in [-0.1, -0.05) is 45.0 Å². The van der Waals surface area contributed by atoms with Gasteiger partial charge in [-0.25, -0.2) is 4.98 Å². The molecule has 3 aliphatic heterocycles. The highest BCUT2D eigenvalue weighted by atomic mass is 16.5. The fraction of sp³-hybridized carbons (Fsp3) is 0.636. The summed E-state index contributed by atoms with van der Waals surface area (Å²) in [5.74, 6) is 2.08. The van der Waals surface area contributed by atoms with Crippen molar-refractivity contribution < 1.29 is 14.3 Å². The van der Waals surface area contributed by atoms with Crippen LogP contribution in [0.3, 0.4) is 0 Å². The van der Waals surface area contributed by atoms with Crippen LogP contribution in [-0.4, -0.2) is 68.4 Å². The Balaban J connectivity index is 1.15. The first-order valence-corrected chi connectivity index (χ1v) is 15.3. The van der Waals surface area contributed by atoms with Crippen LogP contribution in [0.15, 0.2) is 42.6 Å². The number of rotatable bonds is 8. The van der Waals surface area contributed by atoms with E-state index in [1.165, 1.54) is 11.1 Å². The second-order valence-corrected chi connectivity index (χ2v) is 13.0. The first-order valence-electron chi connectivity index (χ1n) is 15.3. The van der Waals surface area contributed by atoms with Crippen LogP contribution in [0.25, 0.3) is 0 Å².